The first kappa shape index (κ1) is 13.8. The molecular formula is C9H17N5O2S. The third kappa shape index (κ3) is 3.90. The van der Waals surface area contributed by atoms with E-state index in [1.165, 1.54) is 0 Å². The molecule has 0 bridgehead atoms. The van der Waals surface area contributed by atoms with Crippen molar-refractivity contribution >= 4 is 16.0 Å². The second-order valence-electron chi connectivity index (χ2n) is 3.45. The van der Waals surface area contributed by atoms with E-state index in [1.54, 1.807) is 0 Å². The van der Waals surface area contributed by atoms with Gasteiger partial charge in [-0.15, -0.1) is 10.2 Å². The van der Waals surface area contributed by atoms with Crippen LogP contribution in [0, 0.1) is 0 Å². The zero-order chi connectivity index (χ0) is 12.9. The number of hydrogen-bond donors (Lipinski definition) is 2. The van der Waals surface area contributed by atoms with E-state index < -0.39 is 10.0 Å². The van der Waals surface area contributed by atoms with Gasteiger partial charge in [-0.05, 0) is 12.8 Å². The fraction of sp³-hybridized carbons (Fsp3) is 0.667. The molecule has 1 rings (SSSR count). The highest BCUT2D eigenvalue weighted by molar-refractivity contribution is 7.92. The molecule has 17 heavy (non-hydrogen) atoms. The van der Waals surface area contributed by atoms with Crippen molar-refractivity contribution in [1.29, 1.82) is 0 Å². The lowest BCUT2D eigenvalue weighted by molar-refractivity contribution is 0.600. The molecule has 0 atom stereocenters. The predicted molar refractivity (Wildman–Crippen MR) is 65.0 cm³/mol. The van der Waals surface area contributed by atoms with Gasteiger partial charge in [-0.1, -0.05) is 13.8 Å². The zero-order valence-corrected chi connectivity index (χ0v) is 10.8. The molecule has 7 nitrogen and oxygen atoms in total. The summed E-state index contributed by atoms with van der Waals surface area (Å²) in [4.78, 5) is 4.12. The molecule has 1 aromatic heterocycles. The molecule has 1 heterocycles. The molecule has 0 saturated heterocycles. The topological polar surface area (TPSA) is 111 Å². The van der Waals surface area contributed by atoms with E-state index in [2.05, 4.69) is 19.9 Å². The number of nitrogens with one attached hydrogen (secondary N) is 1. The van der Waals surface area contributed by atoms with Crippen LogP contribution in [0.2, 0.25) is 0 Å². The van der Waals surface area contributed by atoms with Gasteiger partial charge in [0.25, 0.3) is 5.95 Å². The second kappa shape index (κ2) is 5.87. The van der Waals surface area contributed by atoms with Gasteiger partial charge in [0.15, 0.2) is 0 Å². The lowest BCUT2D eigenvalue weighted by Crippen LogP contribution is -2.24. The average molecular weight is 259 g/mol. The fourth-order valence-corrected chi connectivity index (χ4v) is 2.10. The molecular weight excluding hydrogens is 242 g/mol. The molecule has 3 N–H and O–H groups in total. The smallest absolute Gasteiger partial charge is 0.256 e. The van der Waals surface area contributed by atoms with Crippen LogP contribution in [0.5, 0.6) is 0 Å². The molecule has 96 valence electrons. The minimum atomic E-state index is -3.47. The van der Waals surface area contributed by atoms with Gasteiger partial charge >= 0.3 is 0 Å². The van der Waals surface area contributed by atoms with Gasteiger partial charge < -0.3 is 5.73 Å². The lowest BCUT2D eigenvalue weighted by Gasteiger charge is -2.07. The normalized spacial score (nSPS) is 11.5. The molecule has 0 saturated carbocycles. The van der Waals surface area contributed by atoms with Gasteiger partial charge in [0.05, 0.1) is 17.1 Å². The van der Waals surface area contributed by atoms with Gasteiger partial charge in [-0.2, -0.15) is 0 Å². The van der Waals surface area contributed by atoms with E-state index >= 15 is 0 Å². The quantitative estimate of drug-likeness (QED) is 0.725. The fourth-order valence-electron chi connectivity index (χ4n) is 1.33. The first-order chi connectivity index (χ1) is 8.02. The van der Waals surface area contributed by atoms with Crippen molar-refractivity contribution in [3.05, 3.63) is 11.4 Å². The third-order valence-corrected chi connectivity index (χ3v) is 3.41. The summed E-state index contributed by atoms with van der Waals surface area (Å²) in [5, 5.41) is 7.67. The maximum Gasteiger partial charge on any atom is 0.256 e. The Bertz CT molecular complexity index is 474. The number of aromatic nitrogens is 3. The van der Waals surface area contributed by atoms with E-state index in [1.807, 2.05) is 13.8 Å². The summed E-state index contributed by atoms with van der Waals surface area (Å²) in [7, 11) is -3.47. The summed E-state index contributed by atoms with van der Waals surface area (Å²) in [6.07, 6.45) is 1.41. The molecule has 0 fully saturated rings. The van der Waals surface area contributed by atoms with Crippen LogP contribution in [0.25, 0.3) is 0 Å². The van der Waals surface area contributed by atoms with Gasteiger partial charge in [-0.3, -0.25) is 0 Å². The van der Waals surface area contributed by atoms with E-state index in [0.29, 0.717) is 6.42 Å². The maximum absolute atomic E-state index is 11.5. The van der Waals surface area contributed by atoms with E-state index in [-0.39, 0.29) is 18.2 Å². The standard InChI is InChI=1S/C9H17N5O2S/c1-3-7-8(4-2)12-13-9(11-7)14-17(15,16)6-5-10/h3-6,10H2,1-2H3,(H,11,13,14). The summed E-state index contributed by atoms with van der Waals surface area (Å²) < 4.78 is 25.2. The van der Waals surface area contributed by atoms with E-state index in [0.717, 1.165) is 17.8 Å². The summed E-state index contributed by atoms with van der Waals surface area (Å²) in [5.74, 6) is -0.152. The molecule has 0 amide bonds. The minimum absolute atomic E-state index is 0.00694. The minimum Gasteiger partial charge on any atom is -0.329 e. The highest BCUT2D eigenvalue weighted by Gasteiger charge is 2.13. The first-order valence-electron chi connectivity index (χ1n) is 5.45. The molecule has 0 radical (unpaired) electrons. The Morgan fingerprint density at radius 2 is 1.82 bits per heavy atom. The van der Waals surface area contributed by atoms with Crippen molar-refractivity contribution in [1.82, 2.24) is 15.2 Å². The number of aryl methyl sites for hydroxylation is 2. The van der Waals surface area contributed by atoms with Crippen molar-refractivity contribution in [2.45, 2.75) is 26.7 Å². The van der Waals surface area contributed by atoms with Crippen LogP contribution in [0.3, 0.4) is 0 Å². The van der Waals surface area contributed by atoms with Crippen molar-refractivity contribution < 1.29 is 8.42 Å². The van der Waals surface area contributed by atoms with Crippen LogP contribution in [0.1, 0.15) is 25.2 Å². The maximum atomic E-state index is 11.5. The van der Waals surface area contributed by atoms with Crippen LogP contribution >= 0.6 is 0 Å². The predicted octanol–water partition coefficient (Wildman–Crippen LogP) is -0.303. The molecule has 0 aromatic carbocycles. The van der Waals surface area contributed by atoms with Crippen LogP contribution in [-0.4, -0.2) is 35.9 Å². The Kier molecular flexibility index (Phi) is 4.76. The molecule has 1 aromatic rings. The Morgan fingerprint density at radius 3 is 2.35 bits per heavy atom. The van der Waals surface area contributed by atoms with Gasteiger partial charge in [0.1, 0.15) is 0 Å². The highest BCUT2D eigenvalue weighted by atomic mass is 32.2. The van der Waals surface area contributed by atoms with Crippen LogP contribution in [-0.2, 0) is 22.9 Å². The summed E-state index contributed by atoms with van der Waals surface area (Å²) in [5.41, 5.74) is 6.74. The average Bonchev–Trinajstić information content (AvgIpc) is 2.28. The van der Waals surface area contributed by atoms with Crippen LogP contribution in [0.4, 0.5) is 5.95 Å². The van der Waals surface area contributed by atoms with E-state index in [9.17, 15) is 8.42 Å². The Labute approximate surface area is 101 Å². The number of anilines is 1. The van der Waals surface area contributed by atoms with Crippen LogP contribution < -0.4 is 10.5 Å². The second-order valence-corrected chi connectivity index (χ2v) is 5.29. The van der Waals surface area contributed by atoms with Gasteiger partial charge in [0.2, 0.25) is 10.0 Å². The largest absolute Gasteiger partial charge is 0.329 e. The zero-order valence-electron chi connectivity index (χ0n) is 9.97. The van der Waals surface area contributed by atoms with Crippen molar-refractivity contribution in [3.8, 4) is 0 Å². The summed E-state index contributed by atoms with van der Waals surface area (Å²) in [6, 6.07) is 0. The first-order valence-corrected chi connectivity index (χ1v) is 7.10. The molecule has 0 unspecified atom stereocenters. The number of hydrogen-bond acceptors (Lipinski definition) is 6. The Balaban J connectivity index is 2.93. The molecule has 0 aliphatic heterocycles. The Morgan fingerprint density at radius 1 is 1.18 bits per heavy atom. The van der Waals surface area contributed by atoms with Crippen molar-refractivity contribution in [3.63, 3.8) is 0 Å². The number of nitrogens with zero attached hydrogens (tertiary/aromatic N) is 3. The SMILES string of the molecule is CCc1nnc(NS(=O)(=O)CCN)nc1CC. The summed E-state index contributed by atoms with van der Waals surface area (Å²) >= 11 is 0. The van der Waals surface area contributed by atoms with Gasteiger partial charge in [-0.25, -0.2) is 18.1 Å². The molecule has 0 spiro atoms. The van der Waals surface area contributed by atoms with Crippen LogP contribution in [0.15, 0.2) is 0 Å². The number of sulfonamides is 1. The van der Waals surface area contributed by atoms with Crippen molar-refractivity contribution in [2.24, 2.45) is 5.73 Å². The van der Waals surface area contributed by atoms with Gasteiger partial charge in [0, 0.05) is 6.54 Å². The third-order valence-electron chi connectivity index (χ3n) is 2.14. The monoisotopic (exact) mass is 259 g/mol. The summed E-state index contributed by atoms with van der Waals surface area (Å²) in [6.45, 7) is 3.93. The van der Waals surface area contributed by atoms with Crippen molar-refractivity contribution in [2.75, 3.05) is 17.0 Å². The molecule has 0 aliphatic rings. The Hall–Kier alpha value is -1.28. The number of nitrogens with two attached hydrogens (primary N) is 1. The lowest BCUT2D eigenvalue weighted by atomic mass is 10.2. The highest BCUT2D eigenvalue weighted by Crippen LogP contribution is 2.07. The molecule has 0 aliphatic carbocycles. The number of rotatable bonds is 6. The molecule has 8 heteroatoms. The van der Waals surface area contributed by atoms with E-state index in [4.69, 9.17) is 5.73 Å².